The van der Waals surface area contributed by atoms with Gasteiger partial charge < -0.3 is 9.84 Å². The van der Waals surface area contributed by atoms with Crippen LogP contribution in [0.25, 0.3) is 0 Å². The number of aliphatic carboxylic acids is 1. The van der Waals surface area contributed by atoms with E-state index in [1.165, 1.54) is 51.4 Å². The average Bonchev–Trinajstić information content (AvgIpc) is 2.66. The Morgan fingerprint density at radius 3 is 2.12 bits per heavy atom. The van der Waals surface area contributed by atoms with Gasteiger partial charge in [0.2, 0.25) is 0 Å². The van der Waals surface area contributed by atoms with Crippen LogP contribution in [0.15, 0.2) is 0 Å². The number of carbonyl (C=O) groups is 1. The van der Waals surface area contributed by atoms with Crippen LogP contribution in [-0.4, -0.2) is 23.8 Å². The summed E-state index contributed by atoms with van der Waals surface area (Å²) in [5.41, 5.74) is -0.461. The molecule has 0 atom stereocenters. The predicted octanol–water partition coefficient (Wildman–Crippen LogP) is 6.59. The molecular weight excluding hydrogens is 324 g/mol. The van der Waals surface area contributed by atoms with E-state index in [-0.39, 0.29) is 0 Å². The summed E-state index contributed by atoms with van der Waals surface area (Å²) in [7, 11) is 0. The van der Waals surface area contributed by atoms with Gasteiger partial charge in [0.25, 0.3) is 0 Å². The van der Waals surface area contributed by atoms with Gasteiger partial charge in [0.15, 0.2) is 0 Å². The Morgan fingerprint density at radius 2 is 1.54 bits per heavy atom. The van der Waals surface area contributed by atoms with Crippen molar-refractivity contribution in [3.8, 4) is 0 Å². The molecule has 0 aliphatic heterocycles. The van der Waals surface area contributed by atoms with Gasteiger partial charge in [-0.2, -0.15) is 0 Å². The minimum Gasteiger partial charge on any atom is -0.481 e. The molecule has 0 spiro atoms. The van der Waals surface area contributed by atoms with Crippen LogP contribution < -0.4 is 0 Å². The Bertz CT molecular complexity index is 390. The minimum absolute atomic E-state index is 0.296. The maximum atomic E-state index is 12.2. The van der Waals surface area contributed by atoms with Crippen LogP contribution in [0.4, 0.5) is 0 Å². The molecule has 0 amide bonds. The number of carboxylic acids is 1. The number of unbranched alkanes of at least 4 members (excludes halogenated alkanes) is 4. The Morgan fingerprint density at radius 1 is 0.923 bits per heavy atom. The second-order valence-electron chi connectivity index (χ2n) is 8.95. The van der Waals surface area contributed by atoms with Gasteiger partial charge in [-0.25, -0.2) is 0 Å². The molecule has 2 fully saturated rings. The van der Waals surface area contributed by atoms with Gasteiger partial charge in [-0.05, 0) is 56.8 Å². The summed E-state index contributed by atoms with van der Waals surface area (Å²) in [6.07, 6.45) is 17.5. The molecule has 0 aromatic heterocycles. The van der Waals surface area contributed by atoms with E-state index in [9.17, 15) is 9.90 Å². The molecule has 2 rings (SSSR count). The summed E-state index contributed by atoms with van der Waals surface area (Å²) in [6, 6.07) is 0. The summed E-state index contributed by atoms with van der Waals surface area (Å²) in [5, 5.41) is 10.1. The lowest BCUT2D eigenvalue weighted by molar-refractivity contribution is -0.159. The van der Waals surface area contributed by atoms with Crippen molar-refractivity contribution in [3.05, 3.63) is 0 Å². The van der Waals surface area contributed by atoms with Crippen molar-refractivity contribution in [2.45, 2.75) is 116 Å². The summed E-state index contributed by atoms with van der Waals surface area (Å²) >= 11 is 0. The number of rotatable bonds is 11. The molecule has 2 aliphatic rings. The van der Waals surface area contributed by atoms with E-state index in [0.717, 1.165) is 57.5 Å². The largest absolute Gasteiger partial charge is 0.481 e. The van der Waals surface area contributed by atoms with Crippen LogP contribution in [-0.2, 0) is 9.53 Å². The average molecular weight is 367 g/mol. The molecule has 2 aliphatic carbocycles. The molecule has 3 nitrogen and oxygen atoms in total. The summed E-state index contributed by atoms with van der Waals surface area (Å²) < 4.78 is 6.02. The topological polar surface area (TPSA) is 46.5 Å². The van der Waals surface area contributed by atoms with Crippen LogP contribution in [0, 0.1) is 17.3 Å². The minimum atomic E-state index is -0.531. The molecule has 0 aromatic rings. The first-order chi connectivity index (χ1) is 12.6. The molecule has 2 saturated carbocycles. The number of carboxylic acid groups (broad SMARTS) is 1. The second kappa shape index (κ2) is 11.3. The molecular formula is C23H42O3. The quantitative estimate of drug-likeness (QED) is 0.419. The van der Waals surface area contributed by atoms with E-state index >= 15 is 0 Å². The van der Waals surface area contributed by atoms with Crippen LogP contribution >= 0.6 is 0 Å². The van der Waals surface area contributed by atoms with Crippen molar-refractivity contribution < 1.29 is 14.6 Å². The highest BCUT2D eigenvalue weighted by atomic mass is 16.5. The lowest BCUT2D eigenvalue weighted by Crippen LogP contribution is -2.44. The van der Waals surface area contributed by atoms with E-state index in [1.807, 2.05) is 0 Å². The zero-order chi connectivity index (χ0) is 18.8. The highest BCUT2D eigenvalue weighted by Gasteiger charge is 2.48. The molecule has 3 heteroatoms. The molecule has 0 aromatic carbocycles. The molecule has 0 unspecified atom stereocenters. The molecule has 0 radical (unpaired) electrons. The second-order valence-corrected chi connectivity index (χ2v) is 8.95. The molecule has 0 saturated heterocycles. The number of ether oxygens (including phenoxy) is 1. The van der Waals surface area contributed by atoms with Crippen molar-refractivity contribution in [1.29, 1.82) is 0 Å². The molecule has 1 N–H and O–H groups in total. The SMILES string of the molecule is CCCCCOC1CCC(C(=O)O)(C2CCC(CCCCC)CC2)CC1. The summed E-state index contributed by atoms with van der Waals surface area (Å²) in [6.45, 7) is 5.32. The zero-order valence-electron chi connectivity index (χ0n) is 17.3. The monoisotopic (exact) mass is 366 g/mol. The van der Waals surface area contributed by atoms with Crippen molar-refractivity contribution >= 4 is 5.97 Å². The molecule has 0 heterocycles. The van der Waals surface area contributed by atoms with E-state index in [2.05, 4.69) is 13.8 Å². The highest BCUT2D eigenvalue weighted by Crippen LogP contribution is 2.50. The number of hydrogen-bond donors (Lipinski definition) is 1. The predicted molar refractivity (Wildman–Crippen MR) is 107 cm³/mol. The van der Waals surface area contributed by atoms with Gasteiger partial charge >= 0.3 is 5.97 Å². The van der Waals surface area contributed by atoms with Gasteiger partial charge in [0.1, 0.15) is 0 Å². The number of hydrogen-bond acceptors (Lipinski definition) is 2. The van der Waals surface area contributed by atoms with Crippen LogP contribution in [0.5, 0.6) is 0 Å². The van der Waals surface area contributed by atoms with E-state index in [1.54, 1.807) is 0 Å². The van der Waals surface area contributed by atoms with Gasteiger partial charge in [-0.15, -0.1) is 0 Å². The van der Waals surface area contributed by atoms with E-state index in [4.69, 9.17) is 4.74 Å². The van der Waals surface area contributed by atoms with Gasteiger partial charge in [0, 0.05) is 6.61 Å². The summed E-state index contributed by atoms with van der Waals surface area (Å²) in [5.74, 6) is 0.710. The first kappa shape index (κ1) is 21.7. The molecule has 0 bridgehead atoms. The maximum absolute atomic E-state index is 12.2. The Labute approximate surface area is 161 Å². The first-order valence-corrected chi connectivity index (χ1v) is 11.5. The van der Waals surface area contributed by atoms with E-state index < -0.39 is 11.4 Å². The van der Waals surface area contributed by atoms with Crippen molar-refractivity contribution in [3.63, 3.8) is 0 Å². The van der Waals surface area contributed by atoms with Gasteiger partial charge in [-0.3, -0.25) is 4.79 Å². The fourth-order valence-electron chi connectivity index (χ4n) is 5.36. The summed E-state index contributed by atoms with van der Waals surface area (Å²) in [4.78, 5) is 12.2. The first-order valence-electron chi connectivity index (χ1n) is 11.5. The van der Waals surface area contributed by atoms with Gasteiger partial charge in [0.05, 0.1) is 11.5 Å². The van der Waals surface area contributed by atoms with Gasteiger partial charge in [-0.1, -0.05) is 65.2 Å². The zero-order valence-corrected chi connectivity index (χ0v) is 17.3. The van der Waals surface area contributed by atoms with Crippen molar-refractivity contribution in [1.82, 2.24) is 0 Å². The fraction of sp³-hybridized carbons (Fsp3) is 0.957. The Hall–Kier alpha value is -0.570. The van der Waals surface area contributed by atoms with Crippen molar-refractivity contribution in [2.75, 3.05) is 6.61 Å². The van der Waals surface area contributed by atoms with Crippen LogP contribution in [0.3, 0.4) is 0 Å². The maximum Gasteiger partial charge on any atom is 0.309 e. The molecule has 26 heavy (non-hydrogen) atoms. The molecule has 152 valence electrons. The Kier molecular flexibility index (Phi) is 9.45. The smallest absolute Gasteiger partial charge is 0.309 e. The Balaban J connectivity index is 1.79. The lowest BCUT2D eigenvalue weighted by atomic mass is 9.60. The standard InChI is InChI=1S/C23H42O3/c1-3-5-7-9-19-10-12-20(13-11-19)23(22(24)25)16-14-21(15-17-23)26-18-8-6-4-2/h19-21H,3-18H2,1-2H3,(H,24,25). The normalized spacial score (nSPS) is 32.5. The highest BCUT2D eigenvalue weighted by molar-refractivity contribution is 5.75. The van der Waals surface area contributed by atoms with Crippen LogP contribution in [0.2, 0.25) is 0 Å². The van der Waals surface area contributed by atoms with Crippen LogP contribution in [0.1, 0.15) is 110 Å². The van der Waals surface area contributed by atoms with Crippen molar-refractivity contribution in [2.24, 2.45) is 17.3 Å². The third-order valence-corrected chi connectivity index (χ3v) is 7.20. The third kappa shape index (κ3) is 5.97. The lowest BCUT2D eigenvalue weighted by Gasteiger charge is -2.45. The third-order valence-electron chi connectivity index (χ3n) is 7.20. The fourth-order valence-corrected chi connectivity index (χ4v) is 5.36. The van der Waals surface area contributed by atoms with E-state index in [0.29, 0.717) is 12.0 Å².